The van der Waals surface area contributed by atoms with E-state index in [-0.39, 0.29) is 12.5 Å². The van der Waals surface area contributed by atoms with E-state index in [9.17, 15) is 9.59 Å². The van der Waals surface area contributed by atoms with E-state index in [1.165, 1.54) is 4.40 Å². The van der Waals surface area contributed by atoms with Gasteiger partial charge in [-0.1, -0.05) is 12.1 Å². The molecule has 0 unspecified atom stereocenters. The fourth-order valence-electron chi connectivity index (χ4n) is 3.22. The molecule has 0 radical (unpaired) electrons. The lowest BCUT2D eigenvalue weighted by Crippen LogP contribution is -2.28. The minimum Gasteiger partial charge on any atom is -0.494 e. The van der Waals surface area contributed by atoms with Crippen LogP contribution in [0, 0.1) is 0 Å². The highest BCUT2D eigenvalue weighted by Gasteiger charge is 2.18. The van der Waals surface area contributed by atoms with Crippen LogP contribution in [0.25, 0.3) is 16.7 Å². The third-order valence-electron chi connectivity index (χ3n) is 4.55. The summed E-state index contributed by atoms with van der Waals surface area (Å²) in [5, 5.41) is 7.16. The lowest BCUT2D eigenvalue weighted by atomic mass is 10.3. The summed E-state index contributed by atoms with van der Waals surface area (Å²) in [7, 11) is 3.67. The Hall–Kier alpha value is -3.88. The van der Waals surface area contributed by atoms with Gasteiger partial charge in [0.2, 0.25) is 11.6 Å². The van der Waals surface area contributed by atoms with E-state index in [0.717, 1.165) is 10.4 Å². The van der Waals surface area contributed by atoms with Crippen molar-refractivity contribution in [1.82, 2.24) is 19.2 Å². The first kappa shape index (κ1) is 19.4. The van der Waals surface area contributed by atoms with Crippen molar-refractivity contribution in [2.45, 2.75) is 13.5 Å². The Morgan fingerprint density at radius 1 is 1.13 bits per heavy atom. The van der Waals surface area contributed by atoms with Gasteiger partial charge in [0.1, 0.15) is 12.3 Å². The molecular formula is C21H22N6O3. The molecule has 4 rings (SSSR count). The van der Waals surface area contributed by atoms with E-state index in [0.29, 0.717) is 34.8 Å². The molecule has 2 aromatic heterocycles. The van der Waals surface area contributed by atoms with Crippen molar-refractivity contribution >= 4 is 34.1 Å². The molecule has 0 atom stereocenters. The maximum atomic E-state index is 13.0. The first-order valence-corrected chi connectivity index (χ1v) is 9.56. The van der Waals surface area contributed by atoms with Crippen LogP contribution in [0.1, 0.15) is 6.92 Å². The maximum absolute atomic E-state index is 13.0. The molecule has 1 amide bonds. The minimum absolute atomic E-state index is 0.213. The highest BCUT2D eigenvalue weighted by Crippen LogP contribution is 2.20. The average molecular weight is 406 g/mol. The molecule has 0 saturated heterocycles. The van der Waals surface area contributed by atoms with Gasteiger partial charge in [0.15, 0.2) is 5.82 Å². The first-order chi connectivity index (χ1) is 14.5. The molecule has 2 aromatic carbocycles. The Morgan fingerprint density at radius 2 is 1.87 bits per heavy atom. The number of fused-ring (bicyclic) bond motifs is 3. The van der Waals surface area contributed by atoms with Gasteiger partial charge in [0.25, 0.3) is 0 Å². The monoisotopic (exact) mass is 406 g/mol. The van der Waals surface area contributed by atoms with Gasteiger partial charge in [0, 0.05) is 19.8 Å². The standard InChI is InChI=1S/C21H22N6O3/c1-4-30-15-11-9-14(10-12-15)22-18(28)13-26-21(29)27-17-8-6-5-7-16(17)23-19(25(2)3)20(27)24-26/h5-12H,4,13H2,1-3H3,(H,22,28). The second-order valence-corrected chi connectivity index (χ2v) is 6.92. The van der Waals surface area contributed by atoms with E-state index in [2.05, 4.69) is 15.4 Å². The smallest absolute Gasteiger partial charge is 0.351 e. The molecule has 9 heteroatoms. The van der Waals surface area contributed by atoms with E-state index in [4.69, 9.17) is 4.74 Å². The number of ether oxygens (including phenoxy) is 1. The fourth-order valence-corrected chi connectivity index (χ4v) is 3.22. The van der Waals surface area contributed by atoms with Gasteiger partial charge in [-0.2, -0.15) is 0 Å². The zero-order chi connectivity index (χ0) is 21.3. The summed E-state index contributed by atoms with van der Waals surface area (Å²) >= 11 is 0. The van der Waals surface area contributed by atoms with Crippen LogP contribution in [-0.4, -0.2) is 45.8 Å². The zero-order valence-corrected chi connectivity index (χ0v) is 17.0. The number of anilines is 2. The molecular weight excluding hydrogens is 384 g/mol. The number of nitrogens with zero attached hydrogens (tertiary/aromatic N) is 5. The van der Waals surface area contributed by atoms with Crippen LogP contribution in [0.2, 0.25) is 0 Å². The number of hydrogen-bond donors (Lipinski definition) is 1. The van der Waals surface area contributed by atoms with Gasteiger partial charge in [-0.05, 0) is 43.3 Å². The molecule has 0 saturated carbocycles. The Balaban J connectivity index is 1.67. The number of hydrogen-bond acceptors (Lipinski definition) is 6. The van der Waals surface area contributed by atoms with Crippen molar-refractivity contribution in [2.24, 2.45) is 0 Å². The maximum Gasteiger partial charge on any atom is 0.351 e. The number of carbonyl (C=O) groups is 1. The number of carbonyl (C=O) groups excluding carboxylic acids is 1. The Bertz CT molecular complexity index is 1270. The van der Waals surface area contributed by atoms with Crippen molar-refractivity contribution in [3.63, 3.8) is 0 Å². The lowest BCUT2D eigenvalue weighted by Gasteiger charge is -2.12. The van der Waals surface area contributed by atoms with E-state index >= 15 is 0 Å². The number of benzene rings is 2. The molecule has 0 spiro atoms. The van der Waals surface area contributed by atoms with Crippen molar-refractivity contribution in [2.75, 3.05) is 30.9 Å². The van der Waals surface area contributed by atoms with Crippen LogP contribution < -0.4 is 20.6 Å². The lowest BCUT2D eigenvalue weighted by molar-refractivity contribution is -0.117. The predicted molar refractivity (Wildman–Crippen MR) is 115 cm³/mol. The molecule has 0 fully saturated rings. The van der Waals surface area contributed by atoms with Crippen LogP contribution in [0.4, 0.5) is 11.5 Å². The third kappa shape index (κ3) is 3.57. The van der Waals surface area contributed by atoms with Crippen molar-refractivity contribution in [3.05, 3.63) is 59.0 Å². The molecule has 9 nitrogen and oxygen atoms in total. The highest BCUT2D eigenvalue weighted by atomic mass is 16.5. The summed E-state index contributed by atoms with van der Waals surface area (Å²) in [6.07, 6.45) is 0. The number of para-hydroxylation sites is 2. The topological polar surface area (TPSA) is 93.8 Å². The summed E-state index contributed by atoms with van der Waals surface area (Å²) in [5.74, 6) is 0.924. The first-order valence-electron chi connectivity index (χ1n) is 9.56. The van der Waals surface area contributed by atoms with Gasteiger partial charge < -0.3 is 15.0 Å². The van der Waals surface area contributed by atoms with Crippen LogP contribution in [0.15, 0.2) is 53.3 Å². The summed E-state index contributed by atoms with van der Waals surface area (Å²) in [6.45, 7) is 2.26. The largest absolute Gasteiger partial charge is 0.494 e. The number of nitrogens with one attached hydrogen (secondary N) is 1. The Kier molecular flexibility index (Phi) is 5.09. The summed E-state index contributed by atoms with van der Waals surface area (Å²) in [4.78, 5) is 32.0. The zero-order valence-electron chi connectivity index (χ0n) is 17.0. The van der Waals surface area contributed by atoms with Crippen LogP contribution in [-0.2, 0) is 11.3 Å². The average Bonchev–Trinajstić information content (AvgIpc) is 3.05. The van der Waals surface area contributed by atoms with Crippen molar-refractivity contribution < 1.29 is 9.53 Å². The number of rotatable bonds is 6. The van der Waals surface area contributed by atoms with E-state index in [1.807, 2.05) is 45.3 Å². The van der Waals surface area contributed by atoms with Gasteiger partial charge in [0.05, 0.1) is 17.6 Å². The molecule has 4 aromatic rings. The molecule has 0 aliphatic heterocycles. The molecule has 154 valence electrons. The second kappa shape index (κ2) is 7.86. The van der Waals surface area contributed by atoms with E-state index < -0.39 is 5.69 Å². The van der Waals surface area contributed by atoms with Crippen LogP contribution in [0.3, 0.4) is 0 Å². The van der Waals surface area contributed by atoms with Gasteiger partial charge in [-0.3, -0.25) is 4.79 Å². The molecule has 0 bridgehead atoms. The minimum atomic E-state index is -0.395. The summed E-state index contributed by atoms with van der Waals surface area (Å²) in [6, 6.07) is 14.4. The van der Waals surface area contributed by atoms with Crippen molar-refractivity contribution in [1.29, 1.82) is 0 Å². The normalized spacial score (nSPS) is 11.0. The van der Waals surface area contributed by atoms with E-state index in [1.54, 1.807) is 29.2 Å². The SMILES string of the molecule is CCOc1ccc(NC(=O)Cn2nc3c(N(C)C)nc4ccccc4n3c2=O)cc1. The number of amides is 1. The molecule has 30 heavy (non-hydrogen) atoms. The third-order valence-corrected chi connectivity index (χ3v) is 4.55. The summed E-state index contributed by atoms with van der Waals surface area (Å²) in [5.41, 5.74) is 1.93. The van der Waals surface area contributed by atoms with Crippen molar-refractivity contribution in [3.8, 4) is 5.75 Å². The quantitative estimate of drug-likeness (QED) is 0.527. The van der Waals surface area contributed by atoms with Gasteiger partial charge in [-0.15, -0.1) is 5.10 Å². The molecule has 2 heterocycles. The van der Waals surface area contributed by atoms with Crippen LogP contribution >= 0.6 is 0 Å². The summed E-state index contributed by atoms with van der Waals surface area (Å²) < 4.78 is 8.04. The highest BCUT2D eigenvalue weighted by molar-refractivity contribution is 5.90. The second-order valence-electron chi connectivity index (χ2n) is 6.92. The Labute approximate surface area is 172 Å². The van der Waals surface area contributed by atoms with Gasteiger partial charge >= 0.3 is 5.69 Å². The number of aromatic nitrogens is 4. The predicted octanol–water partition coefficient (Wildman–Crippen LogP) is 2.15. The Morgan fingerprint density at radius 3 is 2.57 bits per heavy atom. The molecule has 1 N–H and O–H groups in total. The molecule has 0 aliphatic rings. The van der Waals surface area contributed by atoms with Gasteiger partial charge in [-0.25, -0.2) is 18.9 Å². The molecule has 0 aliphatic carbocycles. The van der Waals surface area contributed by atoms with Crippen LogP contribution in [0.5, 0.6) is 5.75 Å². The fraction of sp³-hybridized carbons (Fsp3) is 0.238.